The van der Waals surface area contributed by atoms with Crippen molar-refractivity contribution in [1.82, 2.24) is 0 Å². The molecule has 0 saturated heterocycles. The SMILES string of the molecule is N#CC(CO)Cc1ccc(Br)cc1F. The molecular formula is C10H9BrFNO. The molecule has 0 spiro atoms. The number of aliphatic hydroxyl groups excluding tert-OH is 1. The molecule has 1 atom stereocenters. The van der Waals surface area contributed by atoms with E-state index in [1.807, 2.05) is 6.07 Å². The van der Waals surface area contributed by atoms with Crippen LogP contribution in [0.15, 0.2) is 22.7 Å². The molecule has 0 aliphatic carbocycles. The lowest BCUT2D eigenvalue weighted by Gasteiger charge is -2.06. The van der Waals surface area contributed by atoms with Crippen molar-refractivity contribution in [3.8, 4) is 6.07 Å². The Kier molecular flexibility index (Phi) is 4.05. The number of nitrogens with zero attached hydrogens (tertiary/aromatic N) is 1. The molecule has 0 aromatic heterocycles. The highest BCUT2D eigenvalue weighted by atomic mass is 79.9. The van der Waals surface area contributed by atoms with Crippen LogP contribution in [0.4, 0.5) is 4.39 Å². The van der Waals surface area contributed by atoms with Crippen LogP contribution in [-0.2, 0) is 6.42 Å². The van der Waals surface area contributed by atoms with Gasteiger partial charge in [0, 0.05) is 4.47 Å². The van der Waals surface area contributed by atoms with Gasteiger partial charge in [-0.25, -0.2) is 4.39 Å². The van der Waals surface area contributed by atoms with Crippen LogP contribution in [0.3, 0.4) is 0 Å². The average molecular weight is 258 g/mol. The first-order valence-corrected chi connectivity index (χ1v) is 4.91. The summed E-state index contributed by atoms with van der Waals surface area (Å²) >= 11 is 3.14. The van der Waals surface area contributed by atoms with E-state index >= 15 is 0 Å². The van der Waals surface area contributed by atoms with Gasteiger partial charge in [-0.1, -0.05) is 22.0 Å². The Hall–Kier alpha value is -0.920. The number of nitriles is 1. The van der Waals surface area contributed by atoms with Gasteiger partial charge in [0.1, 0.15) is 5.82 Å². The molecule has 0 fully saturated rings. The Labute approximate surface area is 90.1 Å². The van der Waals surface area contributed by atoms with Gasteiger partial charge in [0.2, 0.25) is 0 Å². The summed E-state index contributed by atoms with van der Waals surface area (Å²) in [6, 6.07) is 6.59. The zero-order valence-corrected chi connectivity index (χ0v) is 8.96. The van der Waals surface area contributed by atoms with Gasteiger partial charge in [-0.15, -0.1) is 0 Å². The summed E-state index contributed by atoms with van der Waals surface area (Å²) in [5.74, 6) is -0.890. The largest absolute Gasteiger partial charge is 0.395 e. The minimum absolute atomic E-state index is 0.242. The zero-order chi connectivity index (χ0) is 10.6. The minimum Gasteiger partial charge on any atom is -0.395 e. The van der Waals surface area contributed by atoms with Crippen LogP contribution in [0.5, 0.6) is 0 Å². The summed E-state index contributed by atoms with van der Waals surface area (Å²) in [6.07, 6.45) is 0.242. The lowest BCUT2D eigenvalue weighted by atomic mass is 10.0. The van der Waals surface area contributed by atoms with Crippen LogP contribution in [-0.4, -0.2) is 11.7 Å². The van der Waals surface area contributed by atoms with Gasteiger partial charge in [-0.05, 0) is 24.1 Å². The van der Waals surface area contributed by atoms with Gasteiger partial charge in [0.05, 0.1) is 18.6 Å². The number of benzene rings is 1. The van der Waals surface area contributed by atoms with Crippen LogP contribution in [0, 0.1) is 23.1 Å². The predicted molar refractivity (Wildman–Crippen MR) is 54.0 cm³/mol. The van der Waals surface area contributed by atoms with E-state index in [4.69, 9.17) is 10.4 Å². The van der Waals surface area contributed by atoms with Crippen LogP contribution in [0.2, 0.25) is 0 Å². The van der Waals surface area contributed by atoms with Crippen molar-refractivity contribution in [3.05, 3.63) is 34.1 Å². The minimum atomic E-state index is -0.536. The summed E-state index contributed by atoms with van der Waals surface area (Å²) < 4.78 is 13.9. The number of hydrogen-bond acceptors (Lipinski definition) is 2. The molecule has 1 aromatic rings. The molecule has 1 N–H and O–H groups in total. The third-order valence-corrected chi connectivity index (χ3v) is 2.38. The zero-order valence-electron chi connectivity index (χ0n) is 7.37. The fourth-order valence-electron chi connectivity index (χ4n) is 1.10. The standard InChI is InChI=1S/C10H9BrFNO/c11-9-2-1-8(10(12)4-9)3-7(5-13)6-14/h1-2,4,7,14H,3,6H2. The Morgan fingerprint density at radius 1 is 1.57 bits per heavy atom. The molecule has 1 aromatic carbocycles. The molecule has 0 aliphatic rings. The van der Waals surface area contributed by atoms with E-state index in [0.29, 0.717) is 10.0 Å². The van der Waals surface area contributed by atoms with Crippen molar-refractivity contribution in [3.63, 3.8) is 0 Å². The maximum atomic E-state index is 13.3. The number of rotatable bonds is 3. The van der Waals surface area contributed by atoms with Crippen molar-refractivity contribution < 1.29 is 9.50 Å². The lowest BCUT2D eigenvalue weighted by molar-refractivity contribution is 0.255. The molecule has 0 heterocycles. The van der Waals surface area contributed by atoms with E-state index in [1.54, 1.807) is 12.1 Å². The van der Waals surface area contributed by atoms with Gasteiger partial charge in [-0.3, -0.25) is 0 Å². The quantitative estimate of drug-likeness (QED) is 0.903. The van der Waals surface area contributed by atoms with E-state index in [9.17, 15) is 4.39 Å². The predicted octanol–water partition coefficient (Wildman–Crippen LogP) is 2.26. The summed E-state index contributed by atoms with van der Waals surface area (Å²) in [7, 11) is 0. The van der Waals surface area contributed by atoms with Crippen molar-refractivity contribution >= 4 is 15.9 Å². The van der Waals surface area contributed by atoms with E-state index < -0.39 is 5.92 Å². The fourth-order valence-corrected chi connectivity index (χ4v) is 1.44. The van der Waals surface area contributed by atoms with E-state index in [0.717, 1.165) is 0 Å². The molecule has 0 amide bonds. The highest BCUT2D eigenvalue weighted by Gasteiger charge is 2.10. The second kappa shape index (κ2) is 5.08. The van der Waals surface area contributed by atoms with Gasteiger partial charge in [0.25, 0.3) is 0 Å². The second-order valence-corrected chi connectivity index (χ2v) is 3.86. The summed E-state index contributed by atoms with van der Waals surface area (Å²) in [5, 5.41) is 17.4. The van der Waals surface area contributed by atoms with Crippen molar-refractivity contribution in [2.45, 2.75) is 6.42 Å². The molecule has 2 nitrogen and oxygen atoms in total. The van der Waals surface area contributed by atoms with Crippen molar-refractivity contribution in [2.75, 3.05) is 6.61 Å². The fraction of sp³-hybridized carbons (Fsp3) is 0.300. The summed E-state index contributed by atoms with van der Waals surface area (Å²) in [6.45, 7) is -0.244. The van der Waals surface area contributed by atoms with Crippen LogP contribution in [0.1, 0.15) is 5.56 Å². The molecule has 4 heteroatoms. The normalized spacial score (nSPS) is 12.1. The van der Waals surface area contributed by atoms with Gasteiger partial charge in [-0.2, -0.15) is 5.26 Å². The molecule has 1 rings (SSSR count). The Morgan fingerprint density at radius 3 is 2.79 bits per heavy atom. The lowest BCUT2D eigenvalue weighted by Crippen LogP contribution is -2.08. The molecule has 14 heavy (non-hydrogen) atoms. The highest BCUT2D eigenvalue weighted by molar-refractivity contribution is 9.10. The Bertz CT molecular complexity index is 362. The highest BCUT2D eigenvalue weighted by Crippen LogP contribution is 2.17. The molecule has 0 aliphatic heterocycles. The molecule has 74 valence electrons. The number of hydrogen-bond donors (Lipinski definition) is 1. The topological polar surface area (TPSA) is 44.0 Å². The Balaban J connectivity index is 2.82. The first kappa shape index (κ1) is 11.2. The van der Waals surface area contributed by atoms with E-state index in [2.05, 4.69) is 15.9 Å². The molecule has 0 saturated carbocycles. The van der Waals surface area contributed by atoms with Crippen LogP contribution >= 0.6 is 15.9 Å². The third-order valence-electron chi connectivity index (χ3n) is 1.88. The Morgan fingerprint density at radius 2 is 2.29 bits per heavy atom. The van der Waals surface area contributed by atoms with E-state index in [1.165, 1.54) is 6.07 Å². The molecular weight excluding hydrogens is 249 g/mol. The third kappa shape index (κ3) is 2.79. The van der Waals surface area contributed by atoms with Crippen LogP contribution < -0.4 is 0 Å². The molecule has 1 unspecified atom stereocenters. The summed E-state index contributed by atoms with van der Waals surface area (Å²) in [5.41, 5.74) is 0.453. The number of aliphatic hydroxyl groups is 1. The average Bonchev–Trinajstić information content (AvgIpc) is 2.17. The monoisotopic (exact) mass is 257 g/mol. The van der Waals surface area contributed by atoms with Crippen molar-refractivity contribution in [2.24, 2.45) is 5.92 Å². The molecule has 0 radical (unpaired) electrons. The smallest absolute Gasteiger partial charge is 0.127 e. The van der Waals surface area contributed by atoms with E-state index in [-0.39, 0.29) is 18.8 Å². The van der Waals surface area contributed by atoms with Crippen molar-refractivity contribution in [1.29, 1.82) is 5.26 Å². The van der Waals surface area contributed by atoms with Gasteiger partial charge >= 0.3 is 0 Å². The maximum absolute atomic E-state index is 13.3. The van der Waals surface area contributed by atoms with Gasteiger partial charge < -0.3 is 5.11 Å². The maximum Gasteiger partial charge on any atom is 0.127 e. The first-order valence-electron chi connectivity index (χ1n) is 4.11. The molecule has 0 bridgehead atoms. The first-order chi connectivity index (χ1) is 6.67. The second-order valence-electron chi connectivity index (χ2n) is 2.95. The van der Waals surface area contributed by atoms with Crippen LogP contribution in [0.25, 0.3) is 0 Å². The number of halogens is 2. The summed E-state index contributed by atoms with van der Waals surface area (Å²) in [4.78, 5) is 0. The van der Waals surface area contributed by atoms with Gasteiger partial charge in [0.15, 0.2) is 0 Å².